The molecule has 6 heteroatoms. The van der Waals surface area contributed by atoms with Crippen LogP contribution >= 0.6 is 0 Å². The van der Waals surface area contributed by atoms with E-state index in [1.807, 2.05) is 0 Å². The van der Waals surface area contributed by atoms with Crippen molar-refractivity contribution in [3.8, 4) is 0 Å². The molecule has 160 valence electrons. The van der Waals surface area contributed by atoms with E-state index in [1.165, 1.54) is 12.1 Å². The molecular weight excluding hydrogens is 385 g/mol. The van der Waals surface area contributed by atoms with Gasteiger partial charge >= 0.3 is 11.9 Å². The summed E-state index contributed by atoms with van der Waals surface area (Å²) in [5.74, 6) is -1.80. The average Bonchev–Trinajstić information content (AvgIpc) is 3.57. The number of rotatable bonds is 9. The van der Waals surface area contributed by atoms with Crippen LogP contribution in [0.15, 0.2) is 59.5 Å². The highest BCUT2D eigenvalue weighted by Gasteiger charge is 2.43. The van der Waals surface area contributed by atoms with Crippen molar-refractivity contribution in [3.63, 3.8) is 0 Å². The normalized spacial score (nSPS) is 18.7. The van der Waals surface area contributed by atoms with Crippen molar-refractivity contribution in [3.05, 3.63) is 70.8 Å². The number of ether oxygens (including phenoxy) is 2. The molecule has 1 saturated carbocycles. The van der Waals surface area contributed by atoms with Gasteiger partial charge in [-0.25, -0.2) is 14.0 Å². The summed E-state index contributed by atoms with van der Waals surface area (Å²) in [6.07, 6.45) is 4.93. The van der Waals surface area contributed by atoms with E-state index in [0.29, 0.717) is 29.6 Å². The van der Waals surface area contributed by atoms with Crippen molar-refractivity contribution in [2.75, 3.05) is 13.2 Å². The lowest BCUT2D eigenvalue weighted by molar-refractivity contribution is -0.139. The van der Waals surface area contributed by atoms with E-state index in [0.717, 1.165) is 24.2 Å². The van der Waals surface area contributed by atoms with Gasteiger partial charge in [0.2, 0.25) is 0 Å². The Bertz CT molecular complexity index is 881. The van der Waals surface area contributed by atoms with Crippen molar-refractivity contribution in [1.82, 2.24) is 5.32 Å². The van der Waals surface area contributed by atoms with Gasteiger partial charge in [-0.1, -0.05) is 18.2 Å². The Morgan fingerprint density at radius 2 is 1.70 bits per heavy atom. The zero-order chi connectivity index (χ0) is 21.7. The molecule has 1 unspecified atom stereocenters. The van der Waals surface area contributed by atoms with Crippen LogP contribution in [0.2, 0.25) is 0 Å². The highest BCUT2D eigenvalue weighted by molar-refractivity contribution is 6.00. The van der Waals surface area contributed by atoms with Gasteiger partial charge in [0.25, 0.3) is 0 Å². The molecule has 0 radical (unpaired) electrons. The number of dihydropyridines is 1. The second kappa shape index (κ2) is 9.74. The lowest BCUT2D eigenvalue weighted by Gasteiger charge is -2.33. The largest absolute Gasteiger partial charge is 0.463 e. The Morgan fingerprint density at radius 3 is 2.23 bits per heavy atom. The Kier molecular flexibility index (Phi) is 7.08. The minimum atomic E-state index is -0.680. The molecule has 2 aliphatic rings. The van der Waals surface area contributed by atoms with Crippen molar-refractivity contribution in [2.24, 2.45) is 5.92 Å². The van der Waals surface area contributed by atoms with Crippen LogP contribution in [-0.2, 0) is 19.1 Å². The Labute approximate surface area is 176 Å². The first-order chi connectivity index (χ1) is 14.5. The smallest absolute Gasteiger partial charge is 0.336 e. The molecule has 0 amide bonds. The summed E-state index contributed by atoms with van der Waals surface area (Å²) in [5, 5.41) is 3.38. The molecule has 1 aliphatic carbocycles. The predicted molar refractivity (Wildman–Crippen MR) is 112 cm³/mol. The molecule has 0 bridgehead atoms. The average molecular weight is 413 g/mol. The second-order valence-corrected chi connectivity index (χ2v) is 7.37. The van der Waals surface area contributed by atoms with Gasteiger partial charge in [-0.15, -0.1) is 6.58 Å². The fraction of sp³-hybridized carbons (Fsp3) is 0.417. The van der Waals surface area contributed by atoms with E-state index in [4.69, 9.17) is 9.47 Å². The van der Waals surface area contributed by atoms with Gasteiger partial charge in [0.15, 0.2) is 0 Å². The first kappa shape index (κ1) is 21.8. The van der Waals surface area contributed by atoms with Crippen LogP contribution in [0.3, 0.4) is 0 Å². The molecule has 1 aromatic rings. The van der Waals surface area contributed by atoms with Crippen molar-refractivity contribution >= 4 is 11.9 Å². The fourth-order valence-electron chi connectivity index (χ4n) is 3.78. The van der Waals surface area contributed by atoms with Gasteiger partial charge in [0, 0.05) is 11.4 Å². The number of carbonyl (C=O) groups excluding carboxylic acids is 2. The summed E-state index contributed by atoms with van der Waals surface area (Å²) >= 11 is 0. The quantitative estimate of drug-likeness (QED) is 0.476. The van der Waals surface area contributed by atoms with Gasteiger partial charge < -0.3 is 14.8 Å². The van der Waals surface area contributed by atoms with Crippen molar-refractivity contribution in [2.45, 2.75) is 45.4 Å². The zero-order valence-electron chi connectivity index (χ0n) is 17.5. The van der Waals surface area contributed by atoms with Gasteiger partial charge in [0.1, 0.15) is 5.82 Å². The minimum absolute atomic E-state index is 0.209. The number of nitrogens with one attached hydrogen (secondary N) is 1. The van der Waals surface area contributed by atoms with E-state index in [-0.39, 0.29) is 24.9 Å². The summed E-state index contributed by atoms with van der Waals surface area (Å²) in [4.78, 5) is 26.1. The van der Waals surface area contributed by atoms with E-state index in [2.05, 4.69) is 11.9 Å². The fourth-order valence-corrected chi connectivity index (χ4v) is 3.78. The van der Waals surface area contributed by atoms with Gasteiger partial charge in [-0.2, -0.15) is 0 Å². The highest BCUT2D eigenvalue weighted by Crippen LogP contribution is 2.47. The SMILES string of the molecule is C=CCCC1=C(C(=O)OCC)C(c2ccc(F)cc2)C(C(=O)OCC)=C(C2CC2)N1. The molecule has 0 saturated heterocycles. The third kappa shape index (κ3) is 4.64. The molecule has 1 atom stereocenters. The molecule has 1 aromatic carbocycles. The molecule has 1 aliphatic heterocycles. The van der Waals surface area contributed by atoms with E-state index >= 15 is 0 Å². The molecular formula is C24H28FNO4. The molecule has 5 nitrogen and oxygen atoms in total. The first-order valence-corrected chi connectivity index (χ1v) is 10.5. The maximum absolute atomic E-state index is 13.6. The number of hydrogen-bond acceptors (Lipinski definition) is 5. The topological polar surface area (TPSA) is 64.6 Å². The maximum atomic E-state index is 13.6. The molecule has 3 rings (SSSR count). The number of benzene rings is 1. The van der Waals surface area contributed by atoms with Crippen LogP contribution in [0, 0.1) is 11.7 Å². The summed E-state index contributed by atoms with van der Waals surface area (Å²) in [6.45, 7) is 7.69. The van der Waals surface area contributed by atoms with E-state index < -0.39 is 17.9 Å². The Hall–Kier alpha value is -2.89. The third-order valence-electron chi connectivity index (χ3n) is 5.26. The summed E-state index contributed by atoms with van der Waals surface area (Å²) in [5.41, 5.74) is 2.96. The first-order valence-electron chi connectivity index (χ1n) is 10.5. The predicted octanol–water partition coefficient (Wildman–Crippen LogP) is 4.52. The van der Waals surface area contributed by atoms with Crippen LogP contribution in [0.1, 0.15) is 51.0 Å². The lowest BCUT2D eigenvalue weighted by Crippen LogP contribution is -2.35. The van der Waals surface area contributed by atoms with Crippen LogP contribution in [0.4, 0.5) is 4.39 Å². The van der Waals surface area contributed by atoms with Crippen LogP contribution < -0.4 is 5.32 Å². The number of allylic oxidation sites excluding steroid dienone is 3. The van der Waals surface area contributed by atoms with Crippen LogP contribution in [-0.4, -0.2) is 25.2 Å². The monoisotopic (exact) mass is 413 g/mol. The number of esters is 2. The minimum Gasteiger partial charge on any atom is -0.463 e. The van der Waals surface area contributed by atoms with Crippen molar-refractivity contribution < 1.29 is 23.5 Å². The summed E-state index contributed by atoms with van der Waals surface area (Å²) < 4.78 is 24.4. The van der Waals surface area contributed by atoms with Gasteiger partial charge in [0.05, 0.1) is 30.3 Å². The zero-order valence-corrected chi connectivity index (χ0v) is 17.5. The number of carbonyl (C=O) groups is 2. The van der Waals surface area contributed by atoms with E-state index in [9.17, 15) is 14.0 Å². The molecule has 1 heterocycles. The molecule has 1 N–H and O–H groups in total. The molecule has 1 fully saturated rings. The number of halogens is 1. The Balaban J connectivity index is 2.21. The van der Waals surface area contributed by atoms with Gasteiger partial charge in [-0.05, 0) is 63.1 Å². The Morgan fingerprint density at radius 1 is 1.10 bits per heavy atom. The highest BCUT2D eigenvalue weighted by atomic mass is 19.1. The lowest BCUT2D eigenvalue weighted by atomic mass is 9.78. The summed E-state index contributed by atoms with van der Waals surface area (Å²) in [6, 6.07) is 5.89. The number of hydrogen-bond donors (Lipinski definition) is 1. The third-order valence-corrected chi connectivity index (χ3v) is 5.26. The van der Waals surface area contributed by atoms with E-state index in [1.54, 1.807) is 32.1 Å². The molecule has 30 heavy (non-hydrogen) atoms. The van der Waals surface area contributed by atoms with Gasteiger partial charge in [-0.3, -0.25) is 0 Å². The molecule has 0 aromatic heterocycles. The molecule has 0 spiro atoms. The van der Waals surface area contributed by atoms with Crippen molar-refractivity contribution in [1.29, 1.82) is 0 Å². The maximum Gasteiger partial charge on any atom is 0.336 e. The standard InChI is InChI=1S/C24H28FNO4/c1-4-7-8-18-20(23(27)29-5-2)19(15-11-13-17(25)14-12-15)21(24(28)30-6-3)22(26-18)16-9-10-16/h4,11-14,16,19,26H,1,5-10H2,2-3H3. The summed E-state index contributed by atoms with van der Waals surface area (Å²) in [7, 11) is 0. The second-order valence-electron chi connectivity index (χ2n) is 7.37. The van der Waals surface area contributed by atoms with Crippen LogP contribution in [0.25, 0.3) is 0 Å². The van der Waals surface area contributed by atoms with Crippen LogP contribution in [0.5, 0.6) is 0 Å².